The Labute approximate surface area is 182 Å². The van der Waals surface area contributed by atoms with Gasteiger partial charge in [-0.1, -0.05) is 84.9 Å². The average molecular weight is 406 g/mol. The monoisotopic (exact) mass is 405 g/mol. The van der Waals surface area contributed by atoms with Gasteiger partial charge in [-0.25, -0.2) is 0 Å². The van der Waals surface area contributed by atoms with Gasteiger partial charge < -0.3 is 4.90 Å². The smallest absolute Gasteiger partial charge is 0.0540 e. The van der Waals surface area contributed by atoms with Gasteiger partial charge in [0, 0.05) is 28.1 Å². The highest BCUT2D eigenvalue weighted by molar-refractivity contribution is 8.02. The van der Waals surface area contributed by atoms with Gasteiger partial charge in [0.05, 0.1) is 11.4 Å². The summed E-state index contributed by atoms with van der Waals surface area (Å²) >= 11 is 1.92. The zero-order chi connectivity index (χ0) is 20.3. The molecule has 0 radical (unpaired) electrons. The summed E-state index contributed by atoms with van der Waals surface area (Å²) in [5, 5.41) is 0. The van der Waals surface area contributed by atoms with Crippen molar-refractivity contribution >= 4 is 34.4 Å². The zero-order valence-electron chi connectivity index (χ0n) is 17.0. The van der Waals surface area contributed by atoms with Crippen LogP contribution in [0, 0.1) is 0 Å². The molecule has 0 spiro atoms. The first kappa shape index (κ1) is 18.8. The summed E-state index contributed by atoms with van der Waals surface area (Å²) in [4.78, 5) is 3.73. The molecule has 146 valence electrons. The molecule has 0 aromatic heterocycles. The number of allylic oxidation sites excluding steroid dienone is 1. The number of rotatable bonds is 4. The van der Waals surface area contributed by atoms with E-state index in [4.69, 9.17) is 0 Å². The van der Waals surface area contributed by atoms with Crippen molar-refractivity contribution in [1.82, 2.24) is 0 Å². The van der Waals surface area contributed by atoms with E-state index in [0.29, 0.717) is 0 Å². The van der Waals surface area contributed by atoms with E-state index in [1.165, 1.54) is 44.2 Å². The fourth-order valence-corrected chi connectivity index (χ4v) is 5.05. The van der Waals surface area contributed by atoms with E-state index >= 15 is 0 Å². The molecule has 0 saturated carbocycles. The van der Waals surface area contributed by atoms with Crippen LogP contribution in [0.25, 0.3) is 5.57 Å². The van der Waals surface area contributed by atoms with Crippen molar-refractivity contribution in [2.75, 3.05) is 4.90 Å². The van der Waals surface area contributed by atoms with E-state index in [9.17, 15) is 0 Å². The molecule has 30 heavy (non-hydrogen) atoms. The maximum atomic E-state index is 2.38. The molecule has 4 aromatic carbocycles. The Hall–Kier alpha value is -3.23. The first-order valence-electron chi connectivity index (χ1n) is 10.2. The molecule has 0 atom stereocenters. The maximum absolute atomic E-state index is 2.38. The second-order valence-corrected chi connectivity index (χ2v) is 8.60. The Balaban J connectivity index is 1.65. The highest BCUT2D eigenvalue weighted by atomic mass is 32.2. The molecule has 0 bridgehead atoms. The standard InChI is InChI=1S/C28H23NS/c1-21(30-20-22-12-4-2-5-13-22)28-24-16-8-10-18-26(24)29(23-14-6-3-7-15-23)27-19-11-9-17-25(27)28/h2-19H,20H2,1H3. The number of para-hydroxylation sites is 3. The molecular weight excluding hydrogens is 382 g/mol. The Kier molecular flexibility index (Phi) is 5.17. The summed E-state index contributed by atoms with van der Waals surface area (Å²) in [6, 6.07) is 38.9. The lowest BCUT2D eigenvalue weighted by Gasteiger charge is -2.35. The van der Waals surface area contributed by atoms with Gasteiger partial charge in [0.15, 0.2) is 0 Å². The van der Waals surface area contributed by atoms with Crippen molar-refractivity contribution in [3.05, 3.63) is 131 Å². The Morgan fingerprint density at radius 1 is 0.633 bits per heavy atom. The molecule has 1 heterocycles. The van der Waals surface area contributed by atoms with Crippen molar-refractivity contribution in [2.45, 2.75) is 12.7 Å². The lowest BCUT2D eigenvalue weighted by atomic mass is 9.89. The van der Waals surface area contributed by atoms with Crippen LogP contribution in [0.1, 0.15) is 23.6 Å². The Morgan fingerprint density at radius 2 is 1.13 bits per heavy atom. The van der Waals surface area contributed by atoms with Crippen LogP contribution in [0.3, 0.4) is 0 Å². The maximum Gasteiger partial charge on any atom is 0.0540 e. The highest BCUT2D eigenvalue weighted by Crippen LogP contribution is 2.50. The topological polar surface area (TPSA) is 3.24 Å². The second kappa shape index (κ2) is 8.25. The van der Waals surface area contributed by atoms with E-state index in [1.807, 2.05) is 11.8 Å². The molecule has 5 rings (SSSR count). The summed E-state index contributed by atoms with van der Waals surface area (Å²) < 4.78 is 0. The van der Waals surface area contributed by atoms with Gasteiger partial charge in [-0.2, -0.15) is 0 Å². The molecule has 0 amide bonds. The summed E-state index contributed by atoms with van der Waals surface area (Å²) in [6.45, 7) is 2.26. The number of benzene rings is 4. The first-order chi connectivity index (χ1) is 14.8. The first-order valence-corrected chi connectivity index (χ1v) is 11.2. The molecule has 0 fully saturated rings. The minimum Gasteiger partial charge on any atom is -0.309 e. The molecular formula is C28H23NS. The second-order valence-electron chi connectivity index (χ2n) is 7.41. The van der Waals surface area contributed by atoms with E-state index < -0.39 is 0 Å². The van der Waals surface area contributed by atoms with Crippen molar-refractivity contribution in [1.29, 1.82) is 0 Å². The van der Waals surface area contributed by atoms with Crippen LogP contribution in [0.4, 0.5) is 17.1 Å². The fourth-order valence-electron chi connectivity index (χ4n) is 4.11. The summed E-state index contributed by atoms with van der Waals surface area (Å²) in [5.74, 6) is 0.975. The minimum absolute atomic E-state index is 0.975. The number of fused-ring (bicyclic) bond motifs is 2. The van der Waals surface area contributed by atoms with Crippen LogP contribution in [0.5, 0.6) is 0 Å². The van der Waals surface area contributed by atoms with E-state index in [1.54, 1.807) is 0 Å². The van der Waals surface area contributed by atoms with Gasteiger partial charge in [0.25, 0.3) is 0 Å². The van der Waals surface area contributed by atoms with Gasteiger partial charge in [-0.15, -0.1) is 11.8 Å². The number of thioether (sulfide) groups is 1. The van der Waals surface area contributed by atoms with Gasteiger partial charge >= 0.3 is 0 Å². The molecule has 0 N–H and O–H groups in total. The molecule has 0 aliphatic carbocycles. The van der Waals surface area contributed by atoms with E-state index in [0.717, 1.165) is 5.75 Å². The Morgan fingerprint density at radius 3 is 1.73 bits per heavy atom. The molecule has 1 nitrogen and oxygen atoms in total. The molecule has 2 heteroatoms. The lowest BCUT2D eigenvalue weighted by molar-refractivity contribution is 1.23. The predicted molar refractivity (Wildman–Crippen MR) is 131 cm³/mol. The van der Waals surface area contributed by atoms with Gasteiger partial charge in [-0.05, 0) is 41.7 Å². The van der Waals surface area contributed by atoms with Crippen LogP contribution < -0.4 is 4.90 Å². The number of hydrogen-bond acceptors (Lipinski definition) is 2. The largest absolute Gasteiger partial charge is 0.309 e. The predicted octanol–water partition coefficient (Wildman–Crippen LogP) is 8.18. The van der Waals surface area contributed by atoms with E-state index in [-0.39, 0.29) is 0 Å². The number of nitrogens with zero attached hydrogens (tertiary/aromatic N) is 1. The van der Waals surface area contributed by atoms with Crippen molar-refractivity contribution < 1.29 is 0 Å². The molecule has 0 unspecified atom stereocenters. The third-order valence-electron chi connectivity index (χ3n) is 5.49. The summed E-state index contributed by atoms with van der Waals surface area (Å²) in [5.41, 5.74) is 8.93. The SMILES string of the molecule is CC(SCc1ccccc1)=C1c2ccccc2N(c2ccccc2)c2ccccc21. The third kappa shape index (κ3) is 3.44. The van der Waals surface area contributed by atoms with E-state index in [2.05, 4.69) is 121 Å². The third-order valence-corrected chi connectivity index (χ3v) is 6.61. The zero-order valence-corrected chi connectivity index (χ0v) is 17.8. The highest BCUT2D eigenvalue weighted by Gasteiger charge is 2.28. The molecule has 0 saturated heterocycles. The molecule has 1 aliphatic rings. The lowest BCUT2D eigenvalue weighted by Crippen LogP contribution is -2.18. The van der Waals surface area contributed by atoms with Crippen LogP contribution >= 0.6 is 11.8 Å². The van der Waals surface area contributed by atoms with Crippen LogP contribution in [-0.4, -0.2) is 0 Å². The summed E-state index contributed by atoms with van der Waals surface area (Å²) in [7, 11) is 0. The quantitative estimate of drug-likeness (QED) is 0.296. The minimum atomic E-state index is 0.975. The Bertz CT molecular complexity index is 1150. The fraction of sp³-hybridized carbons (Fsp3) is 0.0714. The summed E-state index contributed by atoms with van der Waals surface area (Å²) in [6.07, 6.45) is 0. The van der Waals surface area contributed by atoms with Crippen molar-refractivity contribution in [3.63, 3.8) is 0 Å². The van der Waals surface area contributed by atoms with Crippen molar-refractivity contribution in [2.24, 2.45) is 0 Å². The van der Waals surface area contributed by atoms with Crippen LogP contribution in [0.15, 0.2) is 114 Å². The van der Waals surface area contributed by atoms with Gasteiger partial charge in [0.1, 0.15) is 0 Å². The number of anilines is 3. The van der Waals surface area contributed by atoms with Crippen molar-refractivity contribution in [3.8, 4) is 0 Å². The van der Waals surface area contributed by atoms with Crippen LogP contribution in [0.2, 0.25) is 0 Å². The van der Waals surface area contributed by atoms with Gasteiger partial charge in [-0.3, -0.25) is 0 Å². The normalized spacial score (nSPS) is 12.3. The van der Waals surface area contributed by atoms with Gasteiger partial charge in [0.2, 0.25) is 0 Å². The van der Waals surface area contributed by atoms with Crippen LogP contribution in [-0.2, 0) is 5.75 Å². The molecule has 1 aliphatic heterocycles. The average Bonchev–Trinajstić information content (AvgIpc) is 2.82. The molecule has 4 aromatic rings. The number of hydrogen-bond donors (Lipinski definition) is 0.